The van der Waals surface area contributed by atoms with Crippen LogP contribution in [0.15, 0.2) is 60.7 Å². The molecule has 1 atom stereocenters. The van der Waals surface area contributed by atoms with Gasteiger partial charge in [0.1, 0.15) is 17.7 Å². The molecule has 0 spiro atoms. The number of anilines is 1. The van der Waals surface area contributed by atoms with Gasteiger partial charge in [0.05, 0.1) is 59.9 Å². The van der Waals surface area contributed by atoms with E-state index in [2.05, 4.69) is 10.6 Å². The number of hydrogen-bond acceptors (Lipinski definition) is 10. The van der Waals surface area contributed by atoms with Crippen LogP contribution in [0.3, 0.4) is 0 Å². The molecule has 1 aliphatic heterocycles. The van der Waals surface area contributed by atoms with Crippen LogP contribution in [0.1, 0.15) is 81.2 Å². The van der Waals surface area contributed by atoms with Gasteiger partial charge >= 0.3 is 0 Å². The summed E-state index contributed by atoms with van der Waals surface area (Å²) in [6.07, 6.45) is 6.91. The second-order valence-corrected chi connectivity index (χ2v) is 12.5. The van der Waals surface area contributed by atoms with E-state index >= 15 is 0 Å². The van der Waals surface area contributed by atoms with Gasteiger partial charge in [-0.2, -0.15) is 0 Å². The molecule has 11 nitrogen and oxygen atoms in total. The lowest BCUT2D eigenvalue weighted by Crippen LogP contribution is -2.38. The lowest BCUT2D eigenvalue weighted by Gasteiger charge is -2.29. The van der Waals surface area contributed by atoms with Crippen LogP contribution in [0.25, 0.3) is 12.2 Å². The number of unbranched alkanes of at least 4 members (excludes halogenated alkanes) is 3. The molecule has 5 N–H and O–H groups in total. The Labute approximate surface area is 304 Å². The lowest BCUT2D eigenvalue weighted by molar-refractivity contribution is 0.0935. The number of carbonyl (C=O) groups is 1. The number of amides is 1. The molecule has 1 unspecified atom stereocenters. The Balaban J connectivity index is 1.09. The van der Waals surface area contributed by atoms with E-state index in [-0.39, 0.29) is 25.7 Å². The standard InChI is InChI=1S/C41H48N2O9/c1-26-9-13-34-32(17-26)41(47)43-40(42-34)29-12-14-35(31(22-29)24-45)51-15-7-5-6-8-16-52-39-37(49-3)20-28(21-38(39)50-4)11-10-27-18-30(23-44)33(25-46)36(19-27)48-2/h9-14,17-22,40,42,44-46H,5-8,15-16,23-25H2,1-4H3,(H,43,47). The van der Waals surface area contributed by atoms with Gasteiger partial charge in [-0.3, -0.25) is 4.79 Å². The maximum absolute atomic E-state index is 12.7. The van der Waals surface area contributed by atoms with Crippen molar-refractivity contribution in [3.05, 3.63) is 105 Å². The van der Waals surface area contributed by atoms with Gasteiger partial charge in [-0.25, -0.2) is 0 Å². The molecule has 1 heterocycles. The number of methoxy groups -OCH3 is 3. The van der Waals surface area contributed by atoms with Gasteiger partial charge in [0.2, 0.25) is 5.75 Å². The van der Waals surface area contributed by atoms with Crippen LogP contribution >= 0.6 is 0 Å². The summed E-state index contributed by atoms with van der Waals surface area (Å²) in [6.45, 7) is 2.32. The van der Waals surface area contributed by atoms with E-state index < -0.39 is 6.17 Å². The molecule has 0 fully saturated rings. The van der Waals surface area contributed by atoms with Crippen molar-refractivity contribution in [1.82, 2.24) is 5.32 Å². The quantitative estimate of drug-likeness (QED) is 0.0569. The molecular weight excluding hydrogens is 664 g/mol. The highest BCUT2D eigenvalue weighted by atomic mass is 16.5. The summed E-state index contributed by atoms with van der Waals surface area (Å²) >= 11 is 0. The molecule has 0 aliphatic carbocycles. The van der Waals surface area contributed by atoms with Crippen LogP contribution in [0, 0.1) is 6.92 Å². The first-order valence-corrected chi connectivity index (χ1v) is 17.3. The number of benzene rings is 4. The minimum Gasteiger partial charge on any atom is -0.496 e. The van der Waals surface area contributed by atoms with Crippen molar-refractivity contribution in [1.29, 1.82) is 0 Å². The predicted octanol–water partition coefficient (Wildman–Crippen LogP) is 6.54. The molecule has 0 aromatic heterocycles. The van der Waals surface area contributed by atoms with Crippen molar-refractivity contribution < 1.29 is 43.8 Å². The molecule has 5 rings (SSSR count). The van der Waals surface area contributed by atoms with Gasteiger partial charge in [-0.15, -0.1) is 0 Å². The average molecular weight is 713 g/mol. The largest absolute Gasteiger partial charge is 0.496 e. The number of rotatable bonds is 18. The molecule has 0 saturated carbocycles. The fourth-order valence-electron chi connectivity index (χ4n) is 6.15. The van der Waals surface area contributed by atoms with Crippen molar-refractivity contribution in [2.24, 2.45) is 0 Å². The Hall–Kier alpha value is -5.23. The summed E-state index contributed by atoms with van der Waals surface area (Å²) in [5.41, 5.74) is 6.70. The molecule has 11 heteroatoms. The highest BCUT2D eigenvalue weighted by Crippen LogP contribution is 2.39. The summed E-state index contributed by atoms with van der Waals surface area (Å²) in [6, 6.07) is 18.7. The topological polar surface area (TPSA) is 148 Å². The number of hydrogen-bond donors (Lipinski definition) is 5. The Morgan fingerprint density at radius 3 is 1.92 bits per heavy atom. The third-order valence-electron chi connectivity index (χ3n) is 8.95. The fraction of sp³-hybridized carbons (Fsp3) is 0.341. The number of nitrogens with one attached hydrogen (secondary N) is 2. The van der Waals surface area contributed by atoms with Crippen LogP contribution in [-0.2, 0) is 19.8 Å². The molecule has 4 aromatic carbocycles. The Morgan fingerprint density at radius 2 is 1.29 bits per heavy atom. The molecule has 0 radical (unpaired) electrons. The zero-order valence-electron chi connectivity index (χ0n) is 30.2. The Morgan fingerprint density at radius 1 is 0.654 bits per heavy atom. The minimum atomic E-state index is -0.410. The number of carbonyl (C=O) groups excluding carboxylic acids is 1. The van der Waals surface area contributed by atoms with Crippen molar-refractivity contribution in [2.45, 2.75) is 58.6 Å². The summed E-state index contributed by atoms with van der Waals surface area (Å²) < 4.78 is 28.8. The smallest absolute Gasteiger partial charge is 0.255 e. The van der Waals surface area contributed by atoms with Gasteiger partial charge in [0.25, 0.3) is 5.91 Å². The van der Waals surface area contributed by atoms with Crippen molar-refractivity contribution in [2.75, 3.05) is 39.9 Å². The first kappa shape index (κ1) is 38.0. The lowest BCUT2D eigenvalue weighted by atomic mass is 10.0. The summed E-state index contributed by atoms with van der Waals surface area (Å²) in [5, 5.41) is 35.9. The van der Waals surface area contributed by atoms with Crippen molar-refractivity contribution in [3.63, 3.8) is 0 Å². The molecule has 1 amide bonds. The number of ether oxygens (including phenoxy) is 5. The van der Waals surface area contributed by atoms with Crippen molar-refractivity contribution >= 4 is 23.7 Å². The normalized spacial score (nSPS) is 13.7. The van der Waals surface area contributed by atoms with E-state index in [0.29, 0.717) is 64.2 Å². The van der Waals surface area contributed by atoms with Crippen LogP contribution in [0.4, 0.5) is 5.69 Å². The molecule has 52 heavy (non-hydrogen) atoms. The second kappa shape index (κ2) is 18.3. The maximum Gasteiger partial charge on any atom is 0.255 e. The molecule has 276 valence electrons. The third kappa shape index (κ3) is 9.16. The van der Waals surface area contributed by atoms with Gasteiger partial charge in [-0.1, -0.05) is 29.8 Å². The van der Waals surface area contributed by atoms with E-state index in [4.69, 9.17) is 23.7 Å². The third-order valence-corrected chi connectivity index (χ3v) is 8.95. The number of aryl methyl sites for hydroxylation is 1. The number of fused-ring (bicyclic) bond motifs is 1. The summed E-state index contributed by atoms with van der Waals surface area (Å²) in [5.74, 6) is 2.62. The minimum absolute atomic E-state index is 0.137. The van der Waals surface area contributed by atoms with E-state index in [1.807, 2.05) is 73.7 Å². The highest BCUT2D eigenvalue weighted by molar-refractivity contribution is 6.01. The van der Waals surface area contributed by atoms with Crippen LogP contribution in [0.5, 0.6) is 28.7 Å². The second-order valence-electron chi connectivity index (χ2n) is 12.5. The van der Waals surface area contributed by atoms with Crippen LogP contribution < -0.4 is 34.3 Å². The number of aliphatic hydroxyl groups excluding tert-OH is 3. The average Bonchev–Trinajstić information content (AvgIpc) is 3.17. The zero-order chi connectivity index (χ0) is 37.0. The molecular formula is C41H48N2O9. The first-order valence-electron chi connectivity index (χ1n) is 17.3. The molecule has 0 saturated heterocycles. The summed E-state index contributed by atoms with van der Waals surface area (Å²) in [4.78, 5) is 12.7. The van der Waals surface area contributed by atoms with Crippen LogP contribution in [-0.4, -0.2) is 55.8 Å². The number of aliphatic hydroxyl groups is 3. The van der Waals surface area contributed by atoms with E-state index in [9.17, 15) is 20.1 Å². The SMILES string of the molecule is COc1cc(C=Cc2cc(OC)c(OCCCCCCOc3ccc(C4NC(=O)c5cc(C)ccc5N4)cc3CO)c(OC)c2)cc(CO)c1CO. The molecule has 4 aromatic rings. The van der Waals surface area contributed by atoms with Gasteiger partial charge in [0, 0.05) is 16.8 Å². The zero-order valence-corrected chi connectivity index (χ0v) is 30.2. The monoisotopic (exact) mass is 712 g/mol. The highest BCUT2D eigenvalue weighted by Gasteiger charge is 2.25. The Bertz CT molecular complexity index is 1820. The Kier molecular flexibility index (Phi) is 13.4. The maximum atomic E-state index is 12.7. The van der Waals surface area contributed by atoms with E-state index in [1.165, 1.54) is 7.11 Å². The van der Waals surface area contributed by atoms with Gasteiger partial charge in [-0.05, 0) is 103 Å². The van der Waals surface area contributed by atoms with E-state index in [0.717, 1.165) is 53.6 Å². The first-order chi connectivity index (χ1) is 25.3. The van der Waals surface area contributed by atoms with E-state index in [1.54, 1.807) is 20.3 Å². The van der Waals surface area contributed by atoms with Crippen LogP contribution in [0.2, 0.25) is 0 Å². The van der Waals surface area contributed by atoms with Gasteiger partial charge in [0.15, 0.2) is 11.5 Å². The van der Waals surface area contributed by atoms with Crippen molar-refractivity contribution in [3.8, 4) is 28.7 Å². The van der Waals surface area contributed by atoms with Gasteiger partial charge < -0.3 is 49.6 Å². The molecule has 1 aliphatic rings. The summed E-state index contributed by atoms with van der Waals surface area (Å²) in [7, 11) is 4.70. The molecule has 0 bridgehead atoms. The fourth-order valence-corrected chi connectivity index (χ4v) is 6.15. The predicted molar refractivity (Wildman–Crippen MR) is 200 cm³/mol.